The van der Waals surface area contributed by atoms with Gasteiger partial charge >= 0.3 is 0 Å². The van der Waals surface area contributed by atoms with Gasteiger partial charge in [-0.25, -0.2) is 0 Å². The van der Waals surface area contributed by atoms with Crippen LogP contribution < -0.4 is 10.4 Å². The Labute approximate surface area is 216 Å². The molecular formula is C30H48O3Si2. The summed E-state index contributed by atoms with van der Waals surface area (Å²) in [6.45, 7) is 24.6. The van der Waals surface area contributed by atoms with Gasteiger partial charge in [0, 0.05) is 18.4 Å². The number of carbonyl (C=O) groups is 1. The predicted octanol–water partition coefficient (Wildman–Crippen LogP) is 6.81. The molecule has 0 aliphatic heterocycles. The van der Waals surface area contributed by atoms with E-state index in [1.54, 1.807) is 6.92 Å². The molecule has 0 amide bonds. The van der Waals surface area contributed by atoms with Gasteiger partial charge in [0.05, 0.1) is 6.10 Å². The summed E-state index contributed by atoms with van der Waals surface area (Å²) in [4.78, 5) is 12.5. The topological polar surface area (TPSA) is 35.5 Å². The Morgan fingerprint density at radius 3 is 1.57 bits per heavy atom. The SMILES string of the molecule is CC(=O)[C@@H](C)[C@H](O[Si](C)(C)C(C)(C)C)[C@H](C)CO[Si](c1ccccc1)(c1ccccc1)C(C)(C)C. The van der Waals surface area contributed by atoms with E-state index in [9.17, 15) is 4.79 Å². The zero-order valence-corrected chi connectivity index (χ0v) is 25.9. The average Bonchev–Trinajstić information content (AvgIpc) is 2.77. The largest absolute Gasteiger partial charge is 0.413 e. The highest BCUT2D eigenvalue weighted by molar-refractivity contribution is 6.99. The van der Waals surface area contributed by atoms with E-state index >= 15 is 0 Å². The van der Waals surface area contributed by atoms with E-state index in [0.29, 0.717) is 6.61 Å². The first-order chi connectivity index (χ1) is 16.0. The quantitative estimate of drug-likeness (QED) is 0.328. The third-order valence-corrected chi connectivity index (χ3v) is 17.4. The van der Waals surface area contributed by atoms with Gasteiger partial charge in [0.1, 0.15) is 5.78 Å². The maximum atomic E-state index is 12.5. The zero-order chi connectivity index (χ0) is 26.7. The van der Waals surface area contributed by atoms with Crippen LogP contribution in [0.4, 0.5) is 0 Å². The second-order valence-electron chi connectivity index (χ2n) is 12.7. The van der Waals surface area contributed by atoms with Crippen LogP contribution in [0.3, 0.4) is 0 Å². The second kappa shape index (κ2) is 11.2. The Hall–Kier alpha value is -1.54. The first kappa shape index (κ1) is 29.7. The third kappa shape index (κ3) is 6.62. The molecule has 0 spiro atoms. The first-order valence-electron chi connectivity index (χ1n) is 13.0. The van der Waals surface area contributed by atoms with Gasteiger partial charge in [0.15, 0.2) is 8.32 Å². The second-order valence-corrected chi connectivity index (χ2v) is 21.8. The average molecular weight is 513 g/mol. The molecule has 3 atom stereocenters. The van der Waals surface area contributed by atoms with Gasteiger partial charge in [-0.15, -0.1) is 0 Å². The van der Waals surface area contributed by atoms with Crippen molar-refractivity contribution in [2.24, 2.45) is 11.8 Å². The van der Waals surface area contributed by atoms with Gasteiger partial charge < -0.3 is 8.85 Å². The summed E-state index contributed by atoms with van der Waals surface area (Å²) in [7, 11) is -4.72. The Kier molecular flexibility index (Phi) is 9.54. The first-order valence-corrected chi connectivity index (χ1v) is 17.8. The summed E-state index contributed by atoms with van der Waals surface area (Å²) in [5, 5.41) is 2.53. The highest BCUT2D eigenvalue weighted by Crippen LogP contribution is 2.40. The van der Waals surface area contributed by atoms with E-state index < -0.39 is 16.6 Å². The van der Waals surface area contributed by atoms with E-state index in [4.69, 9.17) is 8.85 Å². The van der Waals surface area contributed by atoms with Gasteiger partial charge in [-0.05, 0) is 40.5 Å². The van der Waals surface area contributed by atoms with Crippen molar-refractivity contribution in [3.8, 4) is 0 Å². The summed E-state index contributed by atoms with van der Waals surface area (Å²) in [5.41, 5.74) is 0. The molecule has 0 aliphatic carbocycles. The molecule has 0 aromatic heterocycles. The molecule has 0 aliphatic rings. The molecule has 0 bridgehead atoms. The normalized spacial score (nSPS) is 16.0. The number of hydrogen-bond donors (Lipinski definition) is 0. The highest BCUT2D eigenvalue weighted by atomic mass is 28.4. The van der Waals surface area contributed by atoms with E-state index in [1.807, 2.05) is 6.92 Å². The van der Waals surface area contributed by atoms with Crippen LogP contribution in [0.15, 0.2) is 60.7 Å². The Bertz CT molecular complexity index is 904. The van der Waals surface area contributed by atoms with Crippen LogP contribution in [0.1, 0.15) is 62.3 Å². The molecule has 0 saturated heterocycles. The molecule has 2 rings (SSSR count). The number of carbonyl (C=O) groups excluding carboxylic acids is 1. The Morgan fingerprint density at radius 1 is 0.800 bits per heavy atom. The van der Waals surface area contributed by atoms with Crippen molar-refractivity contribution in [1.29, 1.82) is 0 Å². The third-order valence-electron chi connectivity index (χ3n) is 7.91. The van der Waals surface area contributed by atoms with Crippen LogP contribution >= 0.6 is 0 Å². The van der Waals surface area contributed by atoms with Crippen molar-refractivity contribution in [3.05, 3.63) is 60.7 Å². The molecule has 3 nitrogen and oxygen atoms in total. The van der Waals surface area contributed by atoms with Crippen LogP contribution in [-0.4, -0.2) is 35.1 Å². The molecule has 0 saturated carbocycles. The molecular weight excluding hydrogens is 464 g/mol. The van der Waals surface area contributed by atoms with Crippen molar-refractivity contribution in [2.75, 3.05) is 6.61 Å². The number of ketones is 1. The van der Waals surface area contributed by atoms with Crippen LogP contribution in [0.25, 0.3) is 0 Å². The summed E-state index contributed by atoms with van der Waals surface area (Å²) >= 11 is 0. The Morgan fingerprint density at radius 2 is 1.23 bits per heavy atom. The molecule has 5 heteroatoms. The van der Waals surface area contributed by atoms with Crippen LogP contribution in [0.5, 0.6) is 0 Å². The minimum atomic E-state index is -2.64. The standard InChI is InChI=1S/C30H48O3Si2/c1-23(28(24(2)25(3)31)33-34(10,11)29(4,5)6)22-32-35(30(7,8)9,26-18-14-12-15-19-26)27-20-16-13-17-21-27/h12-21,23-24,28H,22H2,1-11H3/t23-,24-,28-/m1/s1. The van der Waals surface area contributed by atoms with Gasteiger partial charge in [0.25, 0.3) is 8.32 Å². The maximum absolute atomic E-state index is 12.5. The molecule has 194 valence electrons. The number of rotatable bonds is 10. The van der Waals surface area contributed by atoms with Crippen molar-refractivity contribution in [2.45, 2.75) is 91.6 Å². The Balaban J connectivity index is 2.51. The lowest BCUT2D eigenvalue weighted by molar-refractivity contribution is -0.124. The fraction of sp³-hybridized carbons (Fsp3) is 0.567. The van der Waals surface area contributed by atoms with E-state index in [0.717, 1.165) is 0 Å². The number of benzene rings is 2. The van der Waals surface area contributed by atoms with E-state index in [-0.39, 0.29) is 33.8 Å². The smallest absolute Gasteiger partial charge is 0.261 e. The lowest BCUT2D eigenvalue weighted by atomic mass is 9.91. The summed E-state index contributed by atoms with van der Waals surface area (Å²) in [6.07, 6.45) is -0.174. The van der Waals surface area contributed by atoms with Crippen LogP contribution in [0, 0.1) is 11.8 Å². The lowest BCUT2D eigenvalue weighted by Crippen LogP contribution is -2.67. The molecule has 0 unspecified atom stereocenters. The van der Waals surface area contributed by atoms with Crippen molar-refractivity contribution < 1.29 is 13.6 Å². The minimum absolute atomic E-state index is 0.0698. The summed E-state index contributed by atoms with van der Waals surface area (Å²) < 4.78 is 14.1. The lowest BCUT2D eigenvalue weighted by Gasteiger charge is -2.45. The van der Waals surface area contributed by atoms with E-state index in [2.05, 4.69) is 122 Å². The number of hydrogen-bond acceptors (Lipinski definition) is 3. The molecule has 0 heterocycles. The van der Waals surface area contributed by atoms with Gasteiger partial charge in [0.2, 0.25) is 0 Å². The zero-order valence-electron chi connectivity index (χ0n) is 23.9. The van der Waals surface area contributed by atoms with Crippen LogP contribution in [-0.2, 0) is 13.6 Å². The van der Waals surface area contributed by atoms with Crippen molar-refractivity contribution in [3.63, 3.8) is 0 Å². The predicted molar refractivity (Wildman–Crippen MR) is 155 cm³/mol. The molecule has 0 fully saturated rings. The van der Waals surface area contributed by atoms with E-state index in [1.165, 1.54) is 10.4 Å². The molecule has 35 heavy (non-hydrogen) atoms. The molecule has 2 aromatic carbocycles. The number of Topliss-reactive ketones (excluding diaryl/α,β-unsaturated/α-hetero) is 1. The molecule has 0 radical (unpaired) electrons. The van der Waals surface area contributed by atoms with Crippen molar-refractivity contribution >= 4 is 32.8 Å². The minimum Gasteiger partial charge on any atom is -0.413 e. The van der Waals surface area contributed by atoms with Crippen molar-refractivity contribution in [1.82, 2.24) is 0 Å². The molecule has 0 N–H and O–H groups in total. The van der Waals surface area contributed by atoms with Gasteiger partial charge in [-0.1, -0.05) is 116 Å². The maximum Gasteiger partial charge on any atom is 0.261 e. The van der Waals surface area contributed by atoms with Gasteiger partial charge in [-0.2, -0.15) is 0 Å². The summed E-state index contributed by atoms with van der Waals surface area (Å²) in [5.74, 6) is 0.0672. The van der Waals surface area contributed by atoms with Crippen LogP contribution in [0.2, 0.25) is 23.2 Å². The monoisotopic (exact) mass is 512 g/mol. The summed E-state index contributed by atoms with van der Waals surface area (Å²) in [6, 6.07) is 21.5. The highest BCUT2D eigenvalue weighted by Gasteiger charge is 2.51. The fourth-order valence-electron chi connectivity index (χ4n) is 4.57. The fourth-order valence-corrected chi connectivity index (χ4v) is 10.7. The molecule has 2 aromatic rings. The van der Waals surface area contributed by atoms with Gasteiger partial charge in [-0.3, -0.25) is 4.79 Å².